The molecule has 0 bridgehead atoms. The van der Waals surface area contributed by atoms with Crippen molar-refractivity contribution in [1.29, 1.82) is 0 Å². The zero-order chi connectivity index (χ0) is 45.9. The maximum Gasteiger partial charge on any atom is 0.220 e. The van der Waals surface area contributed by atoms with E-state index in [0.717, 1.165) is 83.8 Å². The zero-order valence-corrected chi connectivity index (χ0v) is 38.8. The summed E-state index contributed by atoms with van der Waals surface area (Å²) in [5, 5.41) is 7.65. The van der Waals surface area contributed by atoms with Crippen LogP contribution < -0.4 is 20.7 Å². The SMILES string of the molecule is c1ccc([Si](c2ccccc2)(c2ccccc2)c2ccc(-n3c4ccccc4c4ccccc43)c(-n3c4ccc(-n5c6ccccc6n6c7ccccc7nc56)cc4n4c5ccccc5nc34)c2)cc1. The van der Waals surface area contributed by atoms with Gasteiger partial charge in [0.2, 0.25) is 11.6 Å². The van der Waals surface area contributed by atoms with Crippen molar-refractivity contribution in [2.75, 3.05) is 0 Å². The normalized spacial score (nSPS) is 12.3. The van der Waals surface area contributed by atoms with Crippen LogP contribution in [0.3, 0.4) is 0 Å². The lowest BCUT2D eigenvalue weighted by molar-refractivity contribution is 1.06. The predicted molar refractivity (Wildman–Crippen MR) is 291 cm³/mol. The van der Waals surface area contributed by atoms with Crippen LogP contribution in [0.25, 0.3) is 94.6 Å². The van der Waals surface area contributed by atoms with E-state index in [4.69, 9.17) is 9.97 Å². The molecule has 0 N–H and O–H groups in total. The van der Waals surface area contributed by atoms with Gasteiger partial charge in [0.05, 0.1) is 72.2 Å². The molecule has 0 aliphatic carbocycles. The first kappa shape index (κ1) is 38.8. The molecule has 0 amide bonds. The number of para-hydroxylation sites is 8. The van der Waals surface area contributed by atoms with Gasteiger partial charge < -0.3 is 4.57 Å². The molecule has 328 valence electrons. The van der Waals surface area contributed by atoms with Gasteiger partial charge in [-0.05, 0) is 99.6 Å². The van der Waals surface area contributed by atoms with Crippen LogP contribution in [-0.4, -0.2) is 40.5 Å². The second kappa shape index (κ2) is 14.9. The van der Waals surface area contributed by atoms with Gasteiger partial charge in [-0.25, -0.2) is 9.97 Å². The third-order valence-corrected chi connectivity index (χ3v) is 19.4. The number of hydrogen-bond donors (Lipinski definition) is 0. The van der Waals surface area contributed by atoms with Crippen molar-refractivity contribution in [2.45, 2.75) is 0 Å². The van der Waals surface area contributed by atoms with Gasteiger partial charge in [-0.15, -0.1) is 0 Å². The fourth-order valence-electron chi connectivity index (χ4n) is 11.7. The number of nitrogens with zero attached hydrogens (tertiary/aromatic N) is 7. The Morgan fingerprint density at radius 1 is 0.271 bits per heavy atom. The molecule has 70 heavy (non-hydrogen) atoms. The van der Waals surface area contributed by atoms with Crippen LogP contribution >= 0.6 is 0 Å². The van der Waals surface area contributed by atoms with E-state index < -0.39 is 8.07 Å². The van der Waals surface area contributed by atoms with E-state index in [9.17, 15) is 0 Å². The smallest absolute Gasteiger partial charge is 0.220 e. The molecule has 10 aromatic carbocycles. The zero-order valence-electron chi connectivity index (χ0n) is 37.8. The number of rotatable bonds is 7. The van der Waals surface area contributed by atoms with E-state index in [1.807, 2.05) is 0 Å². The van der Waals surface area contributed by atoms with E-state index in [1.165, 1.54) is 31.5 Å². The standard InChI is InChI=1S/C62H41N7Si/c1-4-20-43(21-5-1)70(44-22-6-2-7-23-44,45-24-8-3-9-25-45)46-37-39-57(66-51-30-14-10-26-47(51)48-27-11-15-31-52(48)66)60(41-46)69-58-38-36-42(40-59(58)68-54-33-17-13-29-50(54)64-62(68)69)65-55-34-18-19-35-56(55)67-53-32-16-12-28-49(53)63-61(65)67/h1-41H. The van der Waals surface area contributed by atoms with Gasteiger partial charge in [0, 0.05) is 10.8 Å². The number of benzene rings is 10. The first-order valence-electron chi connectivity index (χ1n) is 23.8. The van der Waals surface area contributed by atoms with Gasteiger partial charge in [0.1, 0.15) is 0 Å². The Kier molecular flexibility index (Phi) is 8.25. The molecule has 15 aromatic rings. The van der Waals surface area contributed by atoms with E-state index in [0.29, 0.717) is 0 Å². The summed E-state index contributed by atoms with van der Waals surface area (Å²) in [6.07, 6.45) is 0. The lowest BCUT2D eigenvalue weighted by atomic mass is 10.2. The summed E-state index contributed by atoms with van der Waals surface area (Å²) in [7, 11) is -3.00. The minimum Gasteiger partial charge on any atom is -0.307 e. The van der Waals surface area contributed by atoms with Gasteiger partial charge in [-0.1, -0.05) is 170 Å². The van der Waals surface area contributed by atoms with Crippen LogP contribution in [0.2, 0.25) is 0 Å². The average Bonchev–Trinajstić information content (AvgIpc) is 4.23. The summed E-state index contributed by atoms with van der Waals surface area (Å²) in [4.78, 5) is 10.8. The average molecular weight is 912 g/mol. The Morgan fingerprint density at radius 3 is 1.29 bits per heavy atom. The molecule has 0 saturated heterocycles. The van der Waals surface area contributed by atoms with Gasteiger partial charge >= 0.3 is 0 Å². The maximum atomic E-state index is 5.57. The van der Waals surface area contributed by atoms with Gasteiger partial charge in [0.25, 0.3) is 0 Å². The van der Waals surface area contributed by atoms with E-state index >= 15 is 0 Å². The van der Waals surface area contributed by atoms with Crippen LogP contribution in [0.1, 0.15) is 0 Å². The van der Waals surface area contributed by atoms with Crippen molar-refractivity contribution in [3.8, 4) is 17.1 Å². The van der Waals surface area contributed by atoms with Crippen molar-refractivity contribution >= 4 is 106 Å². The molecule has 0 saturated carbocycles. The van der Waals surface area contributed by atoms with Crippen LogP contribution in [-0.2, 0) is 0 Å². The largest absolute Gasteiger partial charge is 0.307 e. The second-order valence-corrected chi connectivity index (χ2v) is 22.0. The van der Waals surface area contributed by atoms with E-state index in [1.54, 1.807) is 0 Å². The Morgan fingerprint density at radius 2 is 0.714 bits per heavy atom. The Bertz CT molecular complexity index is 4390. The molecule has 0 aliphatic heterocycles. The molecule has 5 heterocycles. The molecule has 0 aliphatic rings. The molecule has 7 nitrogen and oxygen atoms in total. The van der Waals surface area contributed by atoms with Gasteiger partial charge in [-0.3, -0.25) is 17.9 Å². The fraction of sp³-hybridized carbons (Fsp3) is 0. The molecule has 5 aromatic heterocycles. The van der Waals surface area contributed by atoms with Crippen LogP contribution in [0.5, 0.6) is 0 Å². The summed E-state index contributed by atoms with van der Waals surface area (Å²) >= 11 is 0. The number of imidazole rings is 4. The highest BCUT2D eigenvalue weighted by atomic mass is 28.3. The Labute approximate surface area is 402 Å². The molecule has 0 atom stereocenters. The fourth-order valence-corrected chi connectivity index (χ4v) is 16.5. The minimum atomic E-state index is -3.00. The van der Waals surface area contributed by atoms with E-state index in [2.05, 4.69) is 271 Å². The maximum absolute atomic E-state index is 5.57. The third kappa shape index (κ3) is 5.33. The Balaban J connectivity index is 1.10. The molecular weight excluding hydrogens is 871 g/mol. The summed E-state index contributed by atoms with van der Waals surface area (Å²) in [6, 6.07) is 90.9. The molecule has 8 heteroatoms. The monoisotopic (exact) mass is 911 g/mol. The van der Waals surface area contributed by atoms with Crippen LogP contribution in [0.15, 0.2) is 249 Å². The summed E-state index contributed by atoms with van der Waals surface area (Å²) in [5.74, 6) is 1.71. The second-order valence-electron chi connectivity index (χ2n) is 18.2. The molecule has 15 rings (SSSR count). The van der Waals surface area contributed by atoms with Crippen molar-refractivity contribution < 1.29 is 0 Å². The highest BCUT2D eigenvalue weighted by Gasteiger charge is 2.42. The number of aromatic nitrogens is 7. The van der Waals surface area contributed by atoms with Gasteiger partial charge in [-0.2, -0.15) is 0 Å². The Hall–Kier alpha value is -9.24. The first-order valence-corrected chi connectivity index (χ1v) is 25.8. The highest BCUT2D eigenvalue weighted by Crippen LogP contribution is 2.38. The summed E-state index contributed by atoms with van der Waals surface area (Å²) in [5.41, 5.74) is 13.7. The van der Waals surface area contributed by atoms with Crippen molar-refractivity contribution in [3.63, 3.8) is 0 Å². The van der Waals surface area contributed by atoms with Crippen molar-refractivity contribution in [3.05, 3.63) is 249 Å². The molecule has 0 spiro atoms. The lowest BCUT2D eigenvalue weighted by Crippen LogP contribution is -2.74. The third-order valence-electron chi connectivity index (χ3n) is 14.6. The van der Waals surface area contributed by atoms with Gasteiger partial charge in [0.15, 0.2) is 8.07 Å². The van der Waals surface area contributed by atoms with Crippen molar-refractivity contribution in [1.82, 2.24) is 32.5 Å². The summed E-state index contributed by atoms with van der Waals surface area (Å²) in [6.45, 7) is 0. The lowest BCUT2D eigenvalue weighted by Gasteiger charge is -2.35. The highest BCUT2D eigenvalue weighted by molar-refractivity contribution is 7.19. The topological polar surface area (TPSA) is 49.4 Å². The van der Waals surface area contributed by atoms with Crippen LogP contribution in [0, 0.1) is 0 Å². The first-order chi connectivity index (χ1) is 34.8. The number of fused-ring (bicyclic) bond motifs is 13. The number of hydrogen-bond acceptors (Lipinski definition) is 2. The predicted octanol–water partition coefficient (Wildman–Crippen LogP) is 11.7. The molecule has 0 unspecified atom stereocenters. The molecule has 0 fully saturated rings. The minimum absolute atomic E-state index is 0.841. The molecule has 0 radical (unpaired) electrons. The van der Waals surface area contributed by atoms with Crippen molar-refractivity contribution in [2.24, 2.45) is 0 Å². The summed E-state index contributed by atoms with van der Waals surface area (Å²) < 4.78 is 11.8. The quantitative estimate of drug-likeness (QED) is 0.118. The molecular formula is C62H41N7Si. The van der Waals surface area contributed by atoms with Crippen LogP contribution in [0.4, 0.5) is 0 Å². The van der Waals surface area contributed by atoms with E-state index in [-0.39, 0.29) is 0 Å².